The molecule has 0 aliphatic carbocycles. The lowest BCUT2D eigenvalue weighted by atomic mass is 9.70. The highest BCUT2D eigenvalue weighted by Crippen LogP contribution is 2.66. The van der Waals surface area contributed by atoms with Crippen molar-refractivity contribution in [1.29, 1.82) is 0 Å². The van der Waals surface area contributed by atoms with Gasteiger partial charge in [0.1, 0.15) is 24.0 Å². The molecule has 3 amide bonds. The Hall–Kier alpha value is -4.16. The molecule has 3 aromatic rings. The maximum atomic E-state index is 14.9. The van der Waals surface area contributed by atoms with Crippen LogP contribution in [0.5, 0.6) is 5.75 Å². The minimum absolute atomic E-state index is 0.0782. The third-order valence-electron chi connectivity index (χ3n) is 10.0. The Balaban J connectivity index is 1.33. The fourth-order valence-electron chi connectivity index (χ4n) is 7.95. The van der Waals surface area contributed by atoms with Gasteiger partial charge in [-0.15, -0.1) is 30.0 Å². The van der Waals surface area contributed by atoms with Gasteiger partial charge in [0.25, 0.3) is 0 Å². The lowest BCUT2D eigenvalue weighted by Gasteiger charge is -2.37. The van der Waals surface area contributed by atoms with Crippen molar-refractivity contribution in [1.82, 2.24) is 24.8 Å². The molecule has 2 bridgehead atoms. The van der Waals surface area contributed by atoms with Gasteiger partial charge in [0.15, 0.2) is 0 Å². The van der Waals surface area contributed by atoms with Crippen molar-refractivity contribution in [3.63, 3.8) is 0 Å². The molecule has 49 heavy (non-hydrogen) atoms. The predicted octanol–water partition coefficient (Wildman–Crippen LogP) is 4.67. The normalized spacial score (nSPS) is 23.9. The fraction of sp³-hybridized carbons (Fsp3) is 0.486. The molecule has 2 aromatic carbocycles. The van der Waals surface area contributed by atoms with Crippen molar-refractivity contribution in [2.45, 2.75) is 68.2 Å². The van der Waals surface area contributed by atoms with Crippen LogP contribution >= 0.6 is 11.8 Å². The van der Waals surface area contributed by atoms with E-state index in [-0.39, 0.29) is 42.8 Å². The molecular formula is C37H46N6O5S. The number of unbranched alkanes of at least 4 members (excludes halogenated alkanes) is 3. The monoisotopic (exact) mass is 686 g/mol. The van der Waals surface area contributed by atoms with Gasteiger partial charge in [-0.2, -0.15) is 0 Å². The van der Waals surface area contributed by atoms with Gasteiger partial charge in [-0.05, 0) is 69.0 Å². The van der Waals surface area contributed by atoms with Crippen molar-refractivity contribution >= 4 is 46.2 Å². The molecule has 260 valence electrons. The number of likely N-dealkylation sites (tertiary alicyclic amines) is 1. The zero-order chi connectivity index (χ0) is 34.5. The highest BCUT2D eigenvalue weighted by molar-refractivity contribution is 8.02. The predicted molar refractivity (Wildman–Crippen MR) is 191 cm³/mol. The van der Waals surface area contributed by atoms with Crippen LogP contribution in [-0.2, 0) is 21.1 Å². The molecule has 1 spiro atoms. The van der Waals surface area contributed by atoms with E-state index in [1.165, 1.54) is 0 Å². The summed E-state index contributed by atoms with van der Waals surface area (Å²) in [6.45, 7) is 11.6. The lowest BCUT2D eigenvalue weighted by molar-refractivity contribution is -0.143. The summed E-state index contributed by atoms with van der Waals surface area (Å²) in [6.07, 6.45) is 7.88. The second kappa shape index (κ2) is 15.2. The molecule has 12 heteroatoms. The van der Waals surface area contributed by atoms with Gasteiger partial charge in [-0.3, -0.25) is 14.4 Å². The summed E-state index contributed by atoms with van der Waals surface area (Å²) in [5, 5.41) is 17.8. The molecule has 1 N–H and O–H groups in total. The Morgan fingerprint density at radius 1 is 1.06 bits per heavy atom. The largest absolute Gasteiger partial charge is 0.494 e. The third-order valence-corrected chi connectivity index (χ3v) is 12.0. The summed E-state index contributed by atoms with van der Waals surface area (Å²) in [5.74, 6) is -0.876. The van der Waals surface area contributed by atoms with Crippen LogP contribution in [0, 0.1) is 11.8 Å². The van der Waals surface area contributed by atoms with Crippen molar-refractivity contribution in [3.05, 3.63) is 73.8 Å². The maximum absolute atomic E-state index is 14.9. The number of amides is 3. The summed E-state index contributed by atoms with van der Waals surface area (Å²) in [6, 6.07) is 14.3. The molecule has 6 rings (SSSR count). The Bertz CT molecular complexity index is 1680. The molecule has 3 fully saturated rings. The van der Waals surface area contributed by atoms with Gasteiger partial charge in [0.05, 0.1) is 28.7 Å². The number of benzene rings is 2. The van der Waals surface area contributed by atoms with Gasteiger partial charge in [-0.1, -0.05) is 42.3 Å². The van der Waals surface area contributed by atoms with Crippen molar-refractivity contribution in [3.8, 4) is 5.75 Å². The zero-order valence-electron chi connectivity index (χ0n) is 28.2. The maximum Gasteiger partial charge on any atom is 0.248 e. The van der Waals surface area contributed by atoms with Crippen LogP contribution in [0.2, 0.25) is 0 Å². The number of aliphatic hydroxyl groups is 1. The highest BCUT2D eigenvalue weighted by Gasteiger charge is 2.74. The Labute approximate surface area is 291 Å². The number of thioether (sulfide) groups is 1. The first-order chi connectivity index (χ1) is 23.9. The lowest BCUT2D eigenvalue weighted by Crippen LogP contribution is -2.55. The first kappa shape index (κ1) is 34.7. The second-order valence-electron chi connectivity index (χ2n) is 13.0. The fourth-order valence-corrected chi connectivity index (χ4v) is 10.2. The molecule has 2 unspecified atom stereocenters. The first-order valence-corrected chi connectivity index (χ1v) is 18.2. The first-order valence-electron chi connectivity index (χ1n) is 17.3. The van der Waals surface area contributed by atoms with E-state index in [4.69, 9.17) is 4.74 Å². The van der Waals surface area contributed by atoms with Gasteiger partial charge >= 0.3 is 0 Å². The third kappa shape index (κ3) is 6.48. The summed E-state index contributed by atoms with van der Waals surface area (Å²) in [4.78, 5) is 49.4. The number of hydrogen-bond acceptors (Lipinski definition) is 8. The Kier molecular flexibility index (Phi) is 10.7. The van der Waals surface area contributed by atoms with E-state index >= 15 is 0 Å². The van der Waals surface area contributed by atoms with E-state index in [0.717, 1.165) is 36.0 Å². The number of aliphatic hydroxyl groups excluding tert-OH is 1. The van der Waals surface area contributed by atoms with Gasteiger partial charge in [0, 0.05) is 37.2 Å². The summed E-state index contributed by atoms with van der Waals surface area (Å²) in [7, 11) is 0. The van der Waals surface area contributed by atoms with Crippen LogP contribution in [-0.4, -0.2) is 96.5 Å². The van der Waals surface area contributed by atoms with Gasteiger partial charge in [0.2, 0.25) is 17.7 Å². The number of carbonyl (C=O) groups excluding carboxylic acids is 3. The number of hydrogen-bond donors (Lipinski definition) is 1. The van der Waals surface area contributed by atoms with Crippen LogP contribution < -0.4 is 9.64 Å². The Morgan fingerprint density at radius 2 is 1.82 bits per heavy atom. The SMILES string of the molecule is C=CCN(Cn1nnc2ccccc21)C(=O)C1N(CCCCCCO)C(=O)[C@@H]2[C@@H](C(=O)N(CC=C)c3ccc(OCC)cc3)[C@H]3CCC12S3. The topological polar surface area (TPSA) is 121 Å². The molecule has 5 atom stereocenters. The average molecular weight is 687 g/mol. The number of fused-ring (bicyclic) bond motifs is 2. The molecule has 4 heterocycles. The van der Waals surface area contributed by atoms with Crippen LogP contribution in [0.3, 0.4) is 0 Å². The molecule has 1 aromatic heterocycles. The molecule has 3 aliphatic heterocycles. The minimum atomic E-state index is -0.733. The number of aromatic nitrogens is 3. The van der Waals surface area contributed by atoms with Crippen LogP contribution in [0.4, 0.5) is 5.69 Å². The Morgan fingerprint density at radius 3 is 2.55 bits per heavy atom. The summed E-state index contributed by atoms with van der Waals surface area (Å²) in [5.41, 5.74) is 2.25. The zero-order valence-corrected chi connectivity index (χ0v) is 29.0. The quantitative estimate of drug-likeness (QED) is 0.161. The smallest absolute Gasteiger partial charge is 0.248 e. The molecular weight excluding hydrogens is 641 g/mol. The van der Waals surface area contributed by atoms with E-state index in [1.807, 2.05) is 55.5 Å². The molecule has 3 aliphatic rings. The number of para-hydroxylation sites is 1. The van der Waals surface area contributed by atoms with E-state index < -0.39 is 22.6 Å². The van der Waals surface area contributed by atoms with E-state index in [0.29, 0.717) is 44.6 Å². The second-order valence-corrected chi connectivity index (χ2v) is 14.6. The minimum Gasteiger partial charge on any atom is -0.494 e. The summed E-state index contributed by atoms with van der Waals surface area (Å²) < 4.78 is 6.60. The van der Waals surface area contributed by atoms with E-state index in [1.54, 1.807) is 43.3 Å². The van der Waals surface area contributed by atoms with Crippen LogP contribution in [0.15, 0.2) is 73.8 Å². The van der Waals surface area contributed by atoms with Crippen molar-refractivity contribution in [2.75, 3.05) is 37.7 Å². The molecule has 3 saturated heterocycles. The van der Waals surface area contributed by atoms with Gasteiger partial charge in [-0.25, -0.2) is 4.68 Å². The number of nitrogens with zero attached hydrogens (tertiary/aromatic N) is 6. The highest BCUT2D eigenvalue weighted by atomic mass is 32.2. The summed E-state index contributed by atoms with van der Waals surface area (Å²) >= 11 is 1.67. The molecule has 0 saturated carbocycles. The number of ether oxygens (including phenoxy) is 1. The molecule has 0 radical (unpaired) electrons. The number of rotatable bonds is 17. The average Bonchev–Trinajstić information content (AvgIpc) is 3.86. The van der Waals surface area contributed by atoms with Gasteiger partial charge < -0.3 is 24.5 Å². The van der Waals surface area contributed by atoms with Crippen LogP contribution in [0.1, 0.15) is 45.4 Å². The van der Waals surface area contributed by atoms with E-state index in [2.05, 4.69) is 23.5 Å². The van der Waals surface area contributed by atoms with Crippen LogP contribution in [0.25, 0.3) is 11.0 Å². The molecule has 11 nitrogen and oxygen atoms in total. The van der Waals surface area contributed by atoms with Crippen molar-refractivity contribution < 1.29 is 24.2 Å². The number of carbonyl (C=O) groups is 3. The number of anilines is 1. The van der Waals surface area contributed by atoms with E-state index in [9.17, 15) is 19.5 Å². The van der Waals surface area contributed by atoms with Crippen molar-refractivity contribution in [2.24, 2.45) is 11.8 Å². The standard InChI is InChI=1S/C37H46N6O5S/c1-4-21-40(25-43-29-14-10-9-13-28(29)38-39-43)36(47)33-37-20-19-30(49-37)31(32(37)35(46)42(33)23-11-7-8-12-24-44)34(45)41(22-5-2)26-15-17-27(18-16-26)48-6-3/h4-5,9-10,13-18,30-33,44H,1-2,6-8,11-12,19-25H2,3H3/t30-,31+,32+,33?,37?/m1/s1.